The number of piperazine rings is 1. The Morgan fingerprint density at radius 2 is 1.59 bits per heavy atom. The number of carbonyl (C=O) groups is 3. The second-order valence-corrected chi connectivity index (χ2v) is 9.67. The van der Waals surface area contributed by atoms with Crippen LogP contribution < -0.4 is 4.90 Å². The second kappa shape index (κ2) is 8.53. The van der Waals surface area contributed by atoms with Gasteiger partial charge in [0.05, 0.1) is 18.2 Å². The molecule has 0 saturated carbocycles. The second-order valence-electron chi connectivity index (χ2n) is 7.76. The molecule has 2 saturated heterocycles. The molecule has 2 amide bonds. The highest BCUT2D eigenvalue weighted by Crippen LogP contribution is 2.28. The summed E-state index contributed by atoms with van der Waals surface area (Å²) in [5.74, 6) is -1.65. The molecule has 4 rings (SSSR count). The van der Waals surface area contributed by atoms with Crippen LogP contribution in [0.5, 0.6) is 0 Å². The quantitative estimate of drug-likeness (QED) is 0.499. The van der Waals surface area contributed by atoms with Gasteiger partial charge in [0.2, 0.25) is 15.9 Å². The lowest BCUT2D eigenvalue weighted by Gasteiger charge is -2.36. The molecular formula is C22H22FN3O5S. The number of hydrogen-bond acceptors (Lipinski definition) is 6. The van der Waals surface area contributed by atoms with Gasteiger partial charge < -0.3 is 0 Å². The molecule has 2 aliphatic rings. The van der Waals surface area contributed by atoms with E-state index in [2.05, 4.69) is 0 Å². The van der Waals surface area contributed by atoms with Gasteiger partial charge in [0.1, 0.15) is 10.7 Å². The van der Waals surface area contributed by atoms with E-state index < -0.39 is 21.9 Å². The summed E-state index contributed by atoms with van der Waals surface area (Å²) >= 11 is 0. The van der Waals surface area contributed by atoms with Gasteiger partial charge in [-0.2, -0.15) is 4.31 Å². The number of rotatable bonds is 5. The zero-order chi connectivity index (χ0) is 23.0. The summed E-state index contributed by atoms with van der Waals surface area (Å²) in [5.41, 5.74) is 0.879. The fraction of sp³-hybridized carbons (Fsp3) is 0.318. The third-order valence-corrected chi connectivity index (χ3v) is 7.76. The SMILES string of the molecule is CC(=O)c1ccc(N2C(=O)C[C@H](N3CCN(S(=O)(=O)c4ccccc4F)CC3)C2=O)cc1. The van der Waals surface area contributed by atoms with E-state index in [1.54, 1.807) is 29.2 Å². The van der Waals surface area contributed by atoms with Crippen LogP contribution in [0.4, 0.5) is 10.1 Å². The van der Waals surface area contributed by atoms with Gasteiger partial charge in [0.15, 0.2) is 5.78 Å². The summed E-state index contributed by atoms with van der Waals surface area (Å²) in [6.07, 6.45) is -0.00659. The molecule has 0 radical (unpaired) electrons. The number of sulfonamides is 1. The van der Waals surface area contributed by atoms with E-state index in [0.29, 0.717) is 11.3 Å². The number of benzene rings is 2. The summed E-state index contributed by atoms with van der Waals surface area (Å²) in [7, 11) is -3.99. The molecule has 2 aromatic rings. The molecule has 0 aromatic heterocycles. The number of amides is 2. The topological polar surface area (TPSA) is 95.1 Å². The first kappa shape index (κ1) is 22.3. The van der Waals surface area contributed by atoms with Gasteiger partial charge in [-0.05, 0) is 43.3 Å². The Morgan fingerprint density at radius 3 is 2.19 bits per heavy atom. The van der Waals surface area contributed by atoms with E-state index >= 15 is 0 Å². The number of halogens is 1. The van der Waals surface area contributed by atoms with Crippen LogP contribution in [-0.2, 0) is 19.6 Å². The molecule has 2 fully saturated rings. The minimum atomic E-state index is -3.99. The molecule has 8 nitrogen and oxygen atoms in total. The van der Waals surface area contributed by atoms with E-state index in [-0.39, 0.29) is 55.1 Å². The van der Waals surface area contributed by atoms with Crippen molar-refractivity contribution in [2.75, 3.05) is 31.1 Å². The van der Waals surface area contributed by atoms with Gasteiger partial charge in [0, 0.05) is 31.7 Å². The Hall–Kier alpha value is -2.95. The third-order valence-electron chi connectivity index (χ3n) is 5.82. The first-order valence-corrected chi connectivity index (χ1v) is 11.6. The Bertz CT molecular complexity index is 1170. The van der Waals surface area contributed by atoms with Gasteiger partial charge >= 0.3 is 0 Å². The van der Waals surface area contributed by atoms with Crippen molar-refractivity contribution in [3.63, 3.8) is 0 Å². The van der Waals surface area contributed by atoms with Crippen molar-refractivity contribution in [1.29, 1.82) is 0 Å². The van der Waals surface area contributed by atoms with Gasteiger partial charge in [-0.1, -0.05) is 12.1 Å². The van der Waals surface area contributed by atoms with E-state index in [0.717, 1.165) is 11.0 Å². The summed E-state index contributed by atoms with van der Waals surface area (Å²) in [5, 5.41) is 0. The number of carbonyl (C=O) groups excluding carboxylic acids is 3. The van der Waals surface area contributed by atoms with Gasteiger partial charge in [-0.3, -0.25) is 19.3 Å². The fourth-order valence-corrected chi connectivity index (χ4v) is 5.55. The normalized spacial score (nSPS) is 20.7. The summed E-state index contributed by atoms with van der Waals surface area (Å²) in [4.78, 5) is 39.5. The summed E-state index contributed by atoms with van der Waals surface area (Å²) in [6, 6.07) is 10.8. The predicted octanol–water partition coefficient (Wildman–Crippen LogP) is 1.67. The Balaban J connectivity index is 1.45. The number of imide groups is 1. The lowest BCUT2D eigenvalue weighted by molar-refractivity contribution is -0.123. The average molecular weight is 459 g/mol. The highest BCUT2D eigenvalue weighted by Gasteiger charge is 2.44. The molecule has 0 N–H and O–H groups in total. The monoisotopic (exact) mass is 459 g/mol. The maximum atomic E-state index is 14.0. The van der Waals surface area contributed by atoms with E-state index in [4.69, 9.17) is 0 Å². The van der Waals surface area contributed by atoms with Gasteiger partial charge in [-0.25, -0.2) is 17.7 Å². The molecule has 10 heteroatoms. The predicted molar refractivity (Wildman–Crippen MR) is 114 cm³/mol. The Morgan fingerprint density at radius 1 is 0.969 bits per heavy atom. The van der Waals surface area contributed by atoms with Crippen LogP contribution in [0.3, 0.4) is 0 Å². The molecule has 0 aliphatic carbocycles. The zero-order valence-corrected chi connectivity index (χ0v) is 18.2. The number of anilines is 1. The standard InChI is InChI=1S/C22H22FN3O5S/c1-15(27)16-6-8-17(9-7-16)26-21(28)14-19(22(26)29)24-10-12-25(13-11-24)32(30,31)20-5-3-2-4-18(20)23/h2-9,19H,10-14H2,1H3/t19-/m0/s1. The smallest absolute Gasteiger partial charge is 0.251 e. The average Bonchev–Trinajstić information content (AvgIpc) is 3.08. The van der Waals surface area contributed by atoms with E-state index in [1.165, 1.54) is 29.4 Å². The maximum absolute atomic E-state index is 14.0. The number of Topliss-reactive ketones (excluding diaryl/α,β-unsaturated/α-hetero) is 1. The van der Waals surface area contributed by atoms with E-state index in [1.807, 2.05) is 0 Å². The van der Waals surface area contributed by atoms with Crippen LogP contribution in [-0.4, -0.2) is 67.4 Å². The van der Waals surface area contributed by atoms with E-state index in [9.17, 15) is 27.2 Å². The zero-order valence-electron chi connectivity index (χ0n) is 17.4. The van der Waals surface area contributed by atoms with Crippen LogP contribution in [0.25, 0.3) is 0 Å². The minimum Gasteiger partial charge on any atom is -0.295 e. The van der Waals surface area contributed by atoms with Crippen molar-refractivity contribution in [1.82, 2.24) is 9.21 Å². The Labute approximate surface area is 185 Å². The van der Waals surface area contributed by atoms with Crippen molar-refractivity contribution in [3.8, 4) is 0 Å². The van der Waals surface area contributed by atoms with Crippen molar-refractivity contribution in [3.05, 3.63) is 59.9 Å². The highest BCUT2D eigenvalue weighted by atomic mass is 32.2. The number of ketones is 1. The molecule has 2 heterocycles. The highest BCUT2D eigenvalue weighted by molar-refractivity contribution is 7.89. The molecule has 0 unspecified atom stereocenters. The van der Waals surface area contributed by atoms with Crippen molar-refractivity contribution in [2.24, 2.45) is 0 Å². The molecule has 2 aliphatic heterocycles. The van der Waals surface area contributed by atoms with Crippen LogP contribution in [0.15, 0.2) is 53.4 Å². The Kier molecular flexibility index (Phi) is 5.93. The molecule has 32 heavy (non-hydrogen) atoms. The number of hydrogen-bond donors (Lipinski definition) is 0. The lowest BCUT2D eigenvalue weighted by atomic mass is 10.1. The third kappa shape index (κ3) is 3.96. The van der Waals surface area contributed by atoms with Crippen molar-refractivity contribution in [2.45, 2.75) is 24.3 Å². The minimum absolute atomic E-state index is 0.00659. The largest absolute Gasteiger partial charge is 0.295 e. The van der Waals surface area contributed by atoms with Crippen molar-refractivity contribution < 1.29 is 27.2 Å². The summed E-state index contributed by atoms with van der Waals surface area (Å²) in [6.45, 7) is 2.09. The van der Waals surface area contributed by atoms with Crippen molar-refractivity contribution >= 4 is 33.3 Å². The molecule has 2 aromatic carbocycles. The molecular weight excluding hydrogens is 437 g/mol. The molecule has 1 atom stereocenters. The molecule has 168 valence electrons. The van der Waals surface area contributed by atoms with Crippen LogP contribution in [0, 0.1) is 5.82 Å². The maximum Gasteiger partial charge on any atom is 0.251 e. The van der Waals surface area contributed by atoms with Gasteiger partial charge in [0.25, 0.3) is 5.91 Å². The first-order valence-electron chi connectivity index (χ1n) is 10.2. The van der Waals surface area contributed by atoms with Gasteiger partial charge in [-0.15, -0.1) is 0 Å². The van der Waals surface area contributed by atoms with Crippen LogP contribution >= 0.6 is 0 Å². The molecule has 0 bridgehead atoms. The lowest BCUT2D eigenvalue weighted by Crippen LogP contribution is -2.53. The molecule has 0 spiro atoms. The number of nitrogens with zero attached hydrogens (tertiary/aromatic N) is 3. The van der Waals surface area contributed by atoms with Crippen LogP contribution in [0.1, 0.15) is 23.7 Å². The first-order chi connectivity index (χ1) is 15.2. The summed E-state index contributed by atoms with van der Waals surface area (Å²) < 4.78 is 40.8. The van der Waals surface area contributed by atoms with Crippen LogP contribution in [0.2, 0.25) is 0 Å². The fourth-order valence-electron chi connectivity index (χ4n) is 4.07.